The number of anilines is 1. The van der Waals surface area contributed by atoms with Crippen molar-refractivity contribution < 1.29 is 4.79 Å². The summed E-state index contributed by atoms with van der Waals surface area (Å²) in [4.78, 5) is 10.0. The van der Waals surface area contributed by atoms with Crippen LogP contribution in [0, 0.1) is 0 Å². The molecule has 13 heavy (non-hydrogen) atoms. The lowest BCUT2D eigenvalue weighted by atomic mass is 10.1. The van der Waals surface area contributed by atoms with Gasteiger partial charge in [-0.15, -0.1) is 0 Å². The standard InChI is InChI=1S/C9H11NO.C2H6/c10-9-5-3-8(4-6-9)2-1-7-11;1-2/h3-7H,1-2,10H2;1-2H3. The smallest absolute Gasteiger partial charge is 0.120 e. The van der Waals surface area contributed by atoms with Crippen LogP contribution in [0.4, 0.5) is 5.69 Å². The van der Waals surface area contributed by atoms with Crippen LogP contribution in [0.2, 0.25) is 0 Å². The van der Waals surface area contributed by atoms with E-state index < -0.39 is 0 Å². The highest BCUT2D eigenvalue weighted by molar-refractivity contribution is 5.50. The van der Waals surface area contributed by atoms with Crippen LogP contribution in [0.5, 0.6) is 0 Å². The van der Waals surface area contributed by atoms with E-state index in [2.05, 4.69) is 0 Å². The molecule has 1 aromatic rings. The number of nitrogen functional groups attached to an aromatic ring is 1. The second-order valence-corrected chi connectivity index (χ2v) is 2.45. The number of aldehydes is 1. The minimum Gasteiger partial charge on any atom is -0.399 e. The SMILES string of the molecule is CC.Nc1ccc(CCC=O)cc1. The predicted molar refractivity (Wildman–Crippen MR) is 56.6 cm³/mol. The monoisotopic (exact) mass is 179 g/mol. The highest BCUT2D eigenvalue weighted by Crippen LogP contribution is 2.06. The number of hydrogen-bond acceptors (Lipinski definition) is 2. The normalized spacial score (nSPS) is 8.46. The van der Waals surface area contributed by atoms with E-state index in [9.17, 15) is 4.79 Å². The molecule has 0 aliphatic heterocycles. The molecule has 2 nitrogen and oxygen atoms in total. The number of hydrogen-bond donors (Lipinski definition) is 1. The molecule has 0 saturated heterocycles. The van der Waals surface area contributed by atoms with E-state index in [4.69, 9.17) is 5.73 Å². The first kappa shape index (κ1) is 11.7. The first-order chi connectivity index (χ1) is 6.33. The van der Waals surface area contributed by atoms with Crippen molar-refractivity contribution in [3.8, 4) is 0 Å². The minimum absolute atomic E-state index is 0.587. The average molecular weight is 179 g/mol. The maximum Gasteiger partial charge on any atom is 0.120 e. The van der Waals surface area contributed by atoms with E-state index in [1.165, 1.54) is 0 Å². The molecule has 72 valence electrons. The summed E-state index contributed by atoms with van der Waals surface area (Å²) in [5.74, 6) is 0. The van der Waals surface area contributed by atoms with Crippen LogP contribution in [0.25, 0.3) is 0 Å². The molecule has 0 aromatic heterocycles. The van der Waals surface area contributed by atoms with Gasteiger partial charge < -0.3 is 10.5 Å². The molecule has 0 aliphatic rings. The van der Waals surface area contributed by atoms with Crippen molar-refractivity contribution in [2.45, 2.75) is 26.7 Å². The number of benzene rings is 1. The van der Waals surface area contributed by atoms with E-state index in [1.807, 2.05) is 38.1 Å². The van der Waals surface area contributed by atoms with Gasteiger partial charge in [-0.3, -0.25) is 0 Å². The Labute approximate surface area is 79.8 Å². The molecule has 0 spiro atoms. The van der Waals surface area contributed by atoms with E-state index in [0.29, 0.717) is 6.42 Å². The van der Waals surface area contributed by atoms with Crippen molar-refractivity contribution >= 4 is 12.0 Å². The van der Waals surface area contributed by atoms with Crippen LogP contribution >= 0.6 is 0 Å². The minimum atomic E-state index is 0.587. The van der Waals surface area contributed by atoms with Gasteiger partial charge in [0.25, 0.3) is 0 Å². The lowest BCUT2D eigenvalue weighted by molar-refractivity contribution is -0.107. The van der Waals surface area contributed by atoms with E-state index in [-0.39, 0.29) is 0 Å². The van der Waals surface area contributed by atoms with Crippen LogP contribution in [0.3, 0.4) is 0 Å². The Morgan fingerprint density at radius 2 is 1.77 bits per heavy atom. The van der Waals surface area contributed by atoms with Gasteiger partial charge in [0.05, 0.1) is 0 Å². The molecule has 2 heteroatoms. The first-order valence-electron chi connectivity index (χ1n) is 4.61. The van der Waals surface area contributed by atoms with Crippen LogP contribution in [0.15, 0.2) is 24.3 Å². The summed E-state index contributed by atoms with van der Waals surface area (Å²) in [7, 11) is 0. The number of carbonyl (C=O) groups is 1. The van der Waals surface area contributed by atoms with E-state index in [0.717, 1.165) is 24.0 Å². The van der Waals surface area contributed by atoms with Crippen molar-refractivity contribution in [2.75, 3.05) is 5.73 Å². The Balaban J connectivity index is 0.000000671. The van der Waals surface area contributed by atoms with Gasteiger partial charge in [-0.05, 0) is 24.1 Å². The first-order valence-corrected chi connectivity index (χ1v) is 4.61. The summed E-state index contributed by atoms with van der Waals surface area (Å²) in [5.41, 5.74) is 7.41. The molecule has 0 fully saturated rings. The molecular formula is C11H17NO. The number of aryl methyl sites for hydroxylation is 1. The Morgan fingerprint density at radius 3 is 2.23 bits per heavy atom. The Bertz CT molecular complexity index is 228. The highest BCUT2D eigenvalue weighted by atomic mass is 16.1. The second-order valence-electron chi connectivity index (χ2n) is 2.45. The van der Waals surface area contributed by atoms with Crippen molar-refractivity contribution in [2.24, 2.45) is 0 Å². The molecule has 0 unspecified atom stereocenters. The molecule has 0 heterocycles. The summed E-state index contributed by atoms with van der Waals surface area (Å²) >= 11 is 0. The zero-order valence-corrected chi connectivity index (χ0v) is 8.29. The van der Waals surface area contributed by atoms with Crippen molar-refractivity contribution in [1.82, 2.24) is 0 Å². The summed E-state index contributed by atoms with van der Waals surface area (Å²) in [6.45, 7) is 4.00. The molecule has 0 aliphatic carbocycles. The molecule has 2 N–H and O–H groups in total. The summed E-state index contributed by atoms with van der Waals surface area (Å²) in [5, 5.41) is 0. The predicted octanol–water partition coefficient (Wildman–Crippen LogP) is 2.43. The van der Waals surface area contributed by atoms with Gasteiger partial charge in [0.15, 0.2) is 0 Å². The fourth-order valence-electron chi connectivity index (χ4n) is 0.910. The fraction of sp³-hybridized carbons (Fsp3) is 0.364. The summed E-state index contributed by atoms with van der Waals surface area (Å²) in [6, 6.07) is 7.58. The molecule has 0 saturated carbocycles. The van der Waals surface area contributed by atoms with Crippen LogP contribution < -0.4 is 5.73 Å². The Hall–Kier alpha value is -1.31. The third-order valence-corrected chi connectivity index (χ3v) is 1.53. The Morgan fingerprint density at radius 1 is 1.23 bits per heavy atom. The summed E-state index contributed by atoms with van der Waals surface area (Å²) in [6.07, 6.45) is 2.32. The van der Waals surface area contributed by atoms with Crippen LogP contribution in [-0.4, -0.2) is 6.29 Å². The largest absolute Gasteiger partial charge is 0.399 e. The maximum atomic E-state index is 10.0. The molecule has 0 bridgehead atoms. The lowest BCUT2D eigenvalue weighted by Gasteiger charge is -1.96. The van der Waals surface area contributed by atoms with Crippen molar-refractivity contribution in [3.63, 3.8) is 0 Å². The van der Waals surface area contributed by atoms with Crippen molar-refractivity contribution in [1.29, 1.82) is 0 Å². The molecule has 1 rings (SSSR count). The van der Waals surface area contributed by atoms with Crippen LogP contribution in [-0.2, 0) is 11.2 Å². The van der Waals surface area contributed by atoms with Gasteiger partial charge in [0.2, 0.25) is 0 Å². The van der Waals surface area contributed by atoms with Gasteiger partial charge in [-0.25, -0.2) is 0 Å². The highest BCUT2D eigenvalue weighted by Gasteiger charge is 1.90. The van der Waals surface area contributed by atoms with Crippen LogP contribution in [0.1, 0.15) is 25.8 Å². The lowest BCUT2D eigenvalue weighted by Crippen LogP contribution is -1.88. The third-order valence-electron chi connectivity index (χ3n) is 1.53. The number of carbonyl (C=O) groups excluding carboxylic acids is 1. The number of rotatable bonds is 3. The molecule has 0 amide bonds. The van der Waals surface area contributed by atoms with E-state index >= 15 is 0 Å². The fourth-order valence-corrected chi connectivity index (χ4v) is 0.910. The quantitative estimate of drug-likeness (QED) is 0.572. The average Bonchev–Trinajstić information content (AvgIpc) is 2.20. The molecule has 1 aromatic carbocycles. The Kier molecular flexibility index (Phi) is 6.60. The third kappa shape index (κ3) is 5.01. The second kappa shape index (κ2) is 7.35. The van der Waals surface area contributed by atoms with E-state index in [1.54, 1.807) is 0 Å². The zero-order chi connectivity index (χ0) is 10.1. The van der Waals surface area contributed by atoms with Gasteiger partial charge in [-0.1, -0.05) is 26.0 Å². The number of nitrogens with two attached hydrogens (primary N) is 1. The molecule has 0 atom stereocenters. The van der Waals surface area contributed by atoms with Crippen molar-refractivity contribution in [3.05, 3.63) is 29.8 Å². The van der Waals surface area contributed by atoms with Gasteiger partial charge in [0.1, 0.15) is 6.29 Å². The maximum absolute atomic E-state index is 10.0. The molecular weight excluding hydrogens is 162 g/mol. The van der Waals surface area contributed by atoms with Gasteiger partial charge in [0, 0.05) is 12.1 Å². The summed E-state index contributed by atoms with van der Waals surface area (Å²) < 4.78 is 0. The topological polar surface area (TPSA) is 43.1 Å². The zero-order valence-electron chi connectivity index (χ0n) is 8.29. The van der Waals surface area contributed by atoms with Gasteiger partial charge in [-0.2, -0.15) is 0 Å². The van der Waals surface area contributed by atoms with Gasteiger partial charge >= 0.3 is 0 Å². The molecule has 0 radical (unpaired) electrons.